The van der Waals surface area contributed by atoms with E-state index < -0.39 is 7.25 Å². The lowest BCUT2D eigenvalue weighted by Crippen LogP contribution is -2.36. The Kier molecular flexibility index (Phi) is 6.16. The molecule has 0 unspecified atom stereocenters. The van der Waals surface area contributed by atoms with E-state index in [9.17, 15) is 22.1 Å². The Morgan fingerprint density at radius 1 is 0.900 bits per heavy atom. The van der Waals surface area contributed by atoms with Gasteiger partial charge in [-0.1, -0.05) is 17.7 Å². The first-order chi connectivity index (χ1) is 14.2. The summed E-state index contributed by atoms with van der Waals surface area (Å²) < 4.78 is 49.3. The monoisotopic (exact) mass is 439 g/mol. The van der Waals surface area contributed by atoms with Crippen LogP contribution in [0.3, 0.4) is 0 Å². The molecule has 4 aromatic rings. The molecule has 156 valence electrons. The van der Waals surface area contributed by atoms with Crippen LogP contribution in [-0.4, -0.2) is 23.6 Å². The van der Waals surface area contributed by atoms with Crippen molar-refractivity contribution < 1.29 is 26.5 Å². The summed E-state index contributed by atoms with van der Waals surface area (Å²) in [5, 5.41) is 0.626. The Balaban J connectivity index is 0.000000461. The number of hydrogen-bond donors (Lipinski definition) is 0. The van der Waals surface area contributed by atoms with Crippen LogP contribution < -0.4 is 14.9 Å². The molecule has 0 spiro atoms. The minimum atomic E-state index is -6.00. The number of methoxy groups -OCH3 is 1. The van der Waals surface area contributed by atoms with Gasteiger partial charge in [0.15, 0.2) is 0 Å². The average molecular weight is 440 g/mol. The minimum Gasteiger partial charge on any atom is -0.497 e. The maximum absolute atomic E-state index is 13.2. The Morgan fingerprint density at radius 3 is 2.03 bits per heavy atom. The number of benzene rings is 2. The van der Waals surface area contributed by atoms with Crippen LogP contribution in [0.25, 0.3) is 17.0 Å². The lowest BCUT2D eigenvalue weighted by Gasteiger charge is -1.99. The topological polar surface area (TPSA) is 40.3 Å². The number of rotatable bonds is 3. The van der Waals surface area contributed by atoms with Gasteiger partial charge in [-0.15, -0.1) is 13.8 Å². The van der Waals surface area contributed by atoms with Gasteiger partial charge in [0.25, 0.3) is 0 Å². The Labute approximate surface area is 173 Å². The van der Waals surface area contributed by atoms with Crippen LogP contribution in [0.2, 0.25) is 5.02 Å². The normalized spacial score (nSPS) is 11.1. The standard InChI is InChI=1S/C19H15ClN3O2.BF4/c1-25-17-11-9-15(10-12-17)22-18-4-2-3-13-21(18)23(19(22)24)16-7-5-14(20)6-8-16;2-1(3,4)5/h2-13H,1H3;/q+1;-1. The van der Waals surface area contributed by atoms with E-state index in [2.05, 4.69) is 0 Å². The first-order valence-corrected chi connectivity index (χ1v) is 8.99. The number of halogens is 5. The van der Waals surface area contributed by atoms with Gasteiger partial charge in [-0.05, 0) is 54.6 Å². The minimum absolute atomic E-state index is 0.168. The van der Waals surface area contributed by atoms with Crippen molar-refractivity contribution in [2.75, 3.05) is 7.11 Å². The van der Waals surface area contributed by atoms with E-state index >= 15 is 0 Å². The maximum Gasteiger partial charge on any atom is 0.673 e. The number of ether oxygens (including phenoxy) is 1. The zero-order valence-corrected chi connectivity index (χ0v) is 16.3. The molecule has 0 aliphatic heterocycles. The second-order valence-electron chi connectivity index (χ2n) is 6.00. The molecule has 0 amide bonds. The molecule has 2 heterocycles. The van der Waals surface area contributed by atoms with Gasteiger partial charge in [0, 0.05) is 11.1 Å². The van der Waals surface area contributed by atoms with Gasteiger partial charge in [0.1, 0.15) is 17.6 Å². The molecule has 0 atom stereocenters. The van der Waals surface area contributed by atoms with Crippen molar-refractivity contribution >= 4 is 24.5 Å². The van der Waals surface area contributed by atoms with Gasteiger partial charge in [-0.2, -0.15) is 0 Å². The van der Waals surface area contributed by atoms with Crippen molar-refractivity contribution in [3.8, 4) is 17.1 Å². The molecule has 0 fully saturated rings. The van der Waals surface area contributed by atoms with Crippen molar-refractivity contribution in [1.29, 1.82) is 0 Å². The van der Waals surface area contributed by atoms with Crippen molar-refractivity contribution in [3.05, 3.63) is 88.4 Å². The highest BCUT2D eigenvalue weighted by molar-refractivity contribution is 6.50. The number of pyridine rings is 1. The lowest BCUT2D eigenvalue weighted by molar-refractivity contribution is -0.600. The van der Waals surface area contributed by atoms with Crippen molar-refractivity contribution in [2.24, 2.45) is 0 Å². The van der Waals surface area contributed by atoms with Crippen LogP contribution in [-0.2, 0) is 0 Å². The molecule has 5 nitrogen and oxygen atoms in total. The van der Waals surface area contributed by atoms with E-state index in [1.807, 2.05) is 65.3 Å². The fraction of sp³-hybridized carbons (Fsp3) is 0.0526. The van der Waals surface area contributed by atoms with E-state index in [4.69, 9.17) is 16.3 Å². The van der Waals surface area contributed by atoms with Crippen molar-refractivity contribution in [1.82, 2.24) is 9.25 Å². The first kappa shape index (κ1) is 21.4. The average Bonchev–Trinajstić information content (AvgIpc) is 2.99. The maximum atomic E-state index is 13.2. The molecule has 30 heavy (non-hydrogen) atoms. The molecule has 0 aliphatic carbocycles. The highest BCUT2D eigenvalue weighted by atomic mass is 35.5. The van der Waals surface area contributed by atoms with Crippen LogP contribution in [0, 0.1) is 0 Å². The van der Waals surface area contributed by atoms with Gasteiger partial charge in [0.05, 0.1) is 12.8 Å². The molecule has 4 rings (SSSR count). The van der Waals surface area contributed by atoms with E-state index in [0.717, 1.165) is 22.8 Å². The third kappa shape index (κ3) is 4.83. The lowest BCUT2D eigenvalue weighted by atomic mass is 10.3. The van der Waals surface area contributed by atoms with E-state index in [0.29, 0.717) is 5.02 Å². The summed E-state index contributed by atoms with van der Waals surface area (Å²) in [6, 6.07) is 20.3. The fourth-order valence-electron chi connectivity index (χ4n) is 2.85. The molecule has 11 heteroatoms. The molecule has 2 aromatic heterocycles. The van der Waals surface area contributed by atoms with Crippen molar-refractivity contribution in [3.63, 3.8) is 0 Å². The third-order valence-electron chi connectivity index (χ3n) is 4.04. The molecule has 0 radical (unpaired) electrons. The second-order valence-corrected chi connectivity index (χ2v) is 6.44. The molecule has 0 saturated carbocycles. The van der Waals surface area contributed by atoms with E-state index in [1.54, 1.807) is 28.5 Å². The molecule has 0 aliphatic rings. The summed E-state index contributed by atoms with van der Waals surface area (Å²) in [6.45, 7) is 0. The molecule has 2 aromatic carbocycles. The molecular weight excluding hydrogens is 424 g/mol. The Morgan fingerprint density at radius 2 is 1.47 bits per heavy atom. The Bertz CT molecular complexity index is 1200. The molecule has 0 saturated heterocycles. The number of nitrogens with zero attached hydrogens (tertiary/aromatic N) is 3. The number of hydrogen-bond acceptors (Lipinski definition) is 2. The van der Waals surface area contributed by atoms with Gasteiger partial charge in [-0.3, -0.25) is 0 Å². The summed E-state index contributed by atoms with van der Waals surface area (Å²) in [5.74, 6) is 0.742. The van der Waals surface area contributed by atoms with Crippen LogP contribution in [0.15, 0.2) is 77.7 Å². The molecule has 0 N–H and O–H groups in total. The second kappa shape index (κ2) is 8.62. The zero-order chi connectivity index (χ0) is 21.9. The van der Waals surface area contributed by atoms with Crippen LogP contribution in [0.4, 0.5) is 17.3 Å². The van der Waals surface area contributed by atoms with E-state index in [1.165, 1.54) is 0 Å². The van der Waals surface area contributed by atoms with Gasteiger partial charge >= 0.3 is 18.6 Å². The van der Waals surface area contributed by atoms with Crippen LogP contribution >= 0.6 is 11.6 Å². The van der Waals surface area contributed by atoms with E-state index in [-0.39, 0.29) is 5.69 Å². The summed E-state index contributed by atoms with van der Waals surface area (Å²) >= 11 is 5.98. The van der Waals surface area contributed by atoms with Gasteiger partial charge in [0.2, 0.25) is 0 Å². The zero-order valence-electron chi connectivity index (χ0n) is 15.6. The summed E-state index contributed by atoms with van der Waals surface area (Å²) in [6.07, 6.45) is 1.85. The number of aromatic nitrogens is 3. The molecular formula is C19H15BClF4N3O2. The summed E-state index contributed by atoms with van der Waals surface area (Å²) in [7, 11) is -4.39. The molecule has 0 bridgehead atoms. The van der Waals surface area contributed by atoms with Crippen molar-refractivity contribution in [2.45, 2.75) is 0 Å². The predicted octanol–water partition coefficient (Wildman–Crippen LogP) is 4.33. The highest BCUT2D eigenvalue weighted by Gasteiger charge is 2.24. The Hall–Kier alpha value is -3.27. The smallest absolute Gasteiger partial charge is 0.497 e. The largest absolute Gasteiger partial charge is 0.673 e. The SMILES string of the molecule is COc1ccc(-n2c(=O)n(-c3ccc(Cl)cc3)[n+]3ccccc23)cc1.F[B-](F)(F)F. The van der Waals surface area contributed by atoms with Gasteiger partial charge in [-0.25, -0.2) is 4.79 Å². The fourth-order valence-corrected chi connectivity index (χ4v) is 2.97. The van der Waals surface area contributed by atoms with Crippen LogP contribution in [0.1, 0.15) is 0 Å². The quantitative estimate of drug-likeness (QED) is 0.271. The predicted molar refractivity (Wildman–Crippen MR) is 106 cm³/mol. The first-order valence-electron chi connectivity index (χ1n) is 8.61. The highest BCUT2D eigenvalue weighted by Crippen LogP contribution is 2.16. The van der Waals surface area contributed by atoms with Gasteiger partial charge < -0.3 is 22.0 Å². The summed E-state index contributed by atoms with van der Waals surface area (Å²) in [5.41, 5.74) is 2.09. The number of fused-ring (bicyclic) bond motifs is 1. The summed E-state index contributed by atoms with van der Waals surface area (Å²) in [4.78, 5) is 13.2. The van der Waals surface area contributed by atoms with Crippen LogP contribution in [0.5, 0.6) is 5.75 Å². The third-order valence-corrected chi connectivity index (χ3v) is 4.29.